The van der Waals surface area contributed by atoms with E-state index < -0.39 is 5.97 Å². The Labute approximate surface area is 176 Å². The molecule has 2 N–H and O–H groups in total. The highest BCUT2D eigenvalue weighted by Gasteiger charge is 2.18. The molecule has 9 heteroatoms. The number of hydrogen-bond acceptors (Lipinski definition) is 6. The Morgan fingerprint density at radius 3 is 2.55 bits per heavy atom. The SMILES string of the molecule is CCn1c(S/C(=C\c2ccc(OC)c(O)c2)C(=O)O)nnc1-c1ccc(Cl)cc1. The van der Waals surface area contributed by atoms with E-state index in [1.165, 1.54) is 19.3 Å². The lowest BCUT2D eigenvalue weighted by Gasteiger charge is -2.08. The number of phenols is 1. The van der Waals surface area contributed by atoms with E-state index >= 15 is 0 Å². The summed E-state index contributed by atoms with van der Waals surface area (Å²) in [6.45, 7) is 2.49. The minimum Gasteiger partial charge on any atom is -0.504 e. The Balaban J connectivity index is 1.94. The van der Waals surface area contributed by atoms with Crippen LogP contribution in [0.1, 0.15) is 12.5 Å². The fourth-order valence-electron chi connectivity index (χ4n) is 2.64. The van der Waals surface area contributed by atoms with Crippen molar-refractivity contribution in [2.75, 3.05) is 7.11 Å². The van der Waals surface area contributed by atoms with Gasteiger partial charge in [0.2, 0.25) is 0 Å². The fraction of sp³-hybridized carbons (Fsp3) is 0.150. The molecule has 0 bridgehead atoms. The van der Waals surface area contributed by atoms with Gasteiger partial charge in [-0.1, -0.05) is 17.7 Å². The summed E-state index contributed by atoms with van der Waals surface area (Å²) in [6, 6.07) is 11.9. The van der Waals surface area contributed by atoms with Gasteiger partial charge in [0.25, 0.3) is 0 Å². The number of halogens is 1. The molecular weight excluding hydrogens is 414 g/mol. The third kappa shape index (κ3) is 4.72. The summed E-state index contributed by atoms with van der Waals surface area (Å²) in [7, 11) is 1.44. The number of phenolic OH excluding ortho intramolecular Hbond substituents is 1. The van der Waals surface area contributed by atoms with E-state index in [0.29, 0.717) is 33.9 Å². The lowest BCUT2D eigenvalue weighted by molar-refractivity contribution is -0.131. The number of aromatic hydroxyl groups is 1. The van der Waals surface area contributed by atoms with Crippen molar-refractivity contribution in [1.82, 2.24) is 14.8 Å². The number of aromatic nitrogens is 3. The number of carbonyl (C=O) groups is 1. The second kappa shape index (κ2) is 9.02. The van der Waals surface area contributed by atoms with E-state index in [4.69, 9.17) is 16.3 Å². The highest BCUT2D eigenvalue weighted by molar-refractivity contribution is 8.04. The third-order valence-electron chi connectivity index (χ3n) is 4.05. The minimum absolute atomic E-state index is 0.0410. The first-order chi connectivity index (χ1) is 13.9. The van der Waals surface area contributed by atoms with E-state index in [-0.39, 0.29) is 10.7 Å². The van der Waals surface area contributed by atoms with Crippen LogP contribution in [0.3, 0.4) is 0 Å². The molecule has 0 amide bonds. The van der Waals surface area contributed by atoms with Crippen molar-refractivity contribution >= 4 is 35.4 Å². The fourth-order valence-corrected chi connectivity index (χ4v) is 3.66. The molecular formula is C20H18ClN3O4S. The van der Waals surface area contributed by atoms with Crippen molar-refractivity contribution in [2.45, 2.75) is 18.6 Å². The zero-order chi connectivity index (χ0) is 21.0. The largest absolute Gasteiger partial charge is 0.504 e. The highest BCUT2D eigenvalue weighted by atomic mass is 35.5. The molecule has 0 aliphatic heterocycles. The molecule has 3 aromatic rings. The van der Waals surface area contributed by atoms with Crippen molar-refractivity contribution in [3.05, 3.63) is 58.0 Å². The van der Waals surface area contributed by atoms with Crippen molar-refractivity contribution in [2.24, 2.45) is 0 Å². The first kappa shape index (κ1) is 20.8. The van der Waals surface area contributed by atoms with Crippen LogP contribution in [0.5, 0.6) is 11.5 Å². The molecule has 7 nitrogen and oxygen atoms in total. The lowest BCUT2D eigenvalue weighted by atomic mass is 10.2. The molecule has 0 aliphatic rings. The number of benzene rings is 2. The van der Waals surface area contributed by atoms with Crippen molar-refractivity contribution in [3.63, 3.8) is 0 Å². The quantitative estimate of drug-likeness (QED) is 0.418. The van der Waals surface area contributed by atoms with Gasteiger partial charge in [0.15, 0.2) is 22.5 Å². The Kier molecular flexibility index (Phi) is 6.46. The number of methoxy groups -OCH3 is 1. The maximum atomic E-state index is 11.8. The standard InChI is InChI=1S/C20H18ClN3O4S/c1-3-24-18(13-5-7-14(21)8-6-13)22-23-20(24)29-17(19(26)27)11-12-4-9-16(28-2)15(25)10-12/h4-11,25H,3H2,1-2H3,(H,26,27)/b17-11-. The molecule has 29 heavy (non-hydrogen) atoms. The Morgan fingerprint density at radius 2 is 1.97 bits per heavy atom. The van der Waals surface area contributed by atoms with Gasteiger partial charge in [0.05, 0.1) is 7.11 Å². The smallest absolute Gasteiger partial charge is 0.342 e. The molecule has 0 saturated heterocycles. The molecule has 1 aromatic heterocycles. The second-order valence-corrected chi connectivity index (χ2v) is 7.35. The van der Waals surface area contributed by atoms with Crippen LogP contribution in [-0.2, 0) is 11.3 Å². The van der Waals surface area contributed by atoms with Gasteiger partial charge in [-0.15, -0.1) is 10.2 Å². The average molecular weight is 432 g/mol. The molecule has 0 saturated carbocycles. The molecule has 0 unspecified atom stereocenters. The van der Waals surface area contributed by atoms with Gasteiger partial charge in [0, 0.05) is 17.1 Å². The predicted molar refractivity (Wildman–Crippen MR) is 112 cm³/mol. The number of carboxylic acids is 1. The molecule has 3 rings (SSSR count). The number of ether oxygens (including phenoxy) is 1. The van der Waals surface area contributed by atoms with Crippen molar-refractivity contribution in [3.8, 4) is 22.9 Å². The topological polar surface area (TPSA) is 97.5 Å². The number of thioether (sulfide) groups is 1. The van der Waals surface area contributed by atoms with Crippen molar-refractivity contribution < 1.29 is 19.7 Å². The summed E-state index contributed by atoms with van der Waals surface area (Å²) in [5.74, 6) is -0.245. The van der Waals surface area contributed by atoms with Crippen molar-refractivity contribution in [1.29, 1.82) is 0 Å². The van der Waals surface area contributed by atoms with Gasteiger partial charge in [-0.2, -0.15) is 0 Å². The molecule has 0 atom stereocenters. The molecule has 0 radical (unpaired) electrons. The van der Waals surface area contributed by atoms with Gasteiger partial charge in [-0.25, -0.2) is 4.79 Å². The summed E-state index contributed by atoms with van der Waals surface area (Å²) < 4.78 is 6.84. The van der Waals surface area contributed by atoms with Crippen LogP contribution in [0.2, 0.25) is 5.02 Å². The first-order valence-corrected chi connectivity index (χ1v) is 9.81. The molecule has 0 fully saturated rings. The van der Waals surface area contributed by atoms with E-state index in [1.807, 2.05) is 23.6 Å². The summed E-state index contributed by atoms with van der Waals surface area (Å²) >= 11 is 6.93. The van der Waals surface area contributed by atoms with Gasteiger partial charge in [-0.3, -0.25) is 0 Å². The molecule has 150 valence electrons. The lowest BCUT2D eigenvalue weighted by Crippen LogP contribution is -2.02. The second-order valence-electron chi connectivity index (χ2n) is 5.90. The molecule has 2 aromatic carbocycles. The van der Waals surface area contributed by atoms with Gasteiger partial charge >= 0.3 is 5.97 Å². The average Bonchev–Trinajstić information content (AvgIpc) is 3.10. The Hall–Kier alpha value is -2.97. The van der Waals surface area contributed by atoms with Crippen LogP contribution in [0, 0.1) is 0 Å². The van der Waals surface area contributed by atoms with Gasteiger partial charge in [0.1, 0.15) is 4.91 Å². The van der Waals surface area contributed by atoms with Crippen LogP contribution in [0.4, 0.5) is 0 Å². The molecule has 0 aliphatic carbocycles. The predicted octanol–water partition coefficient (Wildman–Crippen LogP) is 4.55. The number of nitrogens with zero attached hydrogens (tertiary/aromatic N) is 3. The molecule has 0 spiro atoms. The normalized spacial score (nSPS) is 11.5. The summed E-state index contributed by atoms with van der Waals surface area (Å²) in [6.07, 6.45) is 1.46. The van der Waals surface area contributed by atoms with E-state index in [1.54, 1.807) is 24.3 Å². The van der Waals surface area contributed by atoms with Crippen LogP contribution >= 0.6 is 23.4 Å². The number of aliphatic carboxylic acids is 1. The number of carboxylic acid groups (broad SMARTS) is 1. The van der Waals surface area contributed by atoms with Crippen LogP contribution in [-0.4, -0.2) is 38.1 Å². The number of rotatable bonds is 7. The zero-order valence-corrected chi connectivity index (χ0v) is 17.2. The maximum absolute atomic E-state index is 11.8. The highest BCUT2D eigenvalue weighted by Crippen LogP contribution is 2.32. The third-order valence-corrected chi connectivity index (χ3v) is 5.30. The number of hydrogen-bond donors (Lipinski definition) is 2. The van der Waals surface area contributed by atoms with E-state index in [2.05, 4.69) is 10.2 Å². The summed E-state index contributed by atoms with van der Waals surface area (Å²) in [5.41, 5.74) is 1.35. The van der Waals surface area contributed by atoms with E-state index in [0.717, 1.165) is 17.3 Å². The minimum atomic E-state index is -1.11. The Morgan fingerprint density at radius 1 is 1.24 bits per heavy atom. The van der Waals surface area contributed by atoms with E-state index in [9.17, 15) is 15.0 Å². The van der Waals surface area contributed by atoms with Crippen LogP contribution in [0.15, 0.2) is 52.5 Å². The molecule has 1 heterocycles. The van der Waals surface area contributed by atoms with Gasteiger partial charge in [-0.05, 0) is 66.7 Å². The Bertz CT molecular complexity index is 1060. The summed E-state index contributed by atoms with van der Waals surface area (Å²) in [5, 5.41) is 29.0. The maximum Gasteiger partial charge on any atom is 0.342 e. The summed E-state index contributed by atoms with van der Waals surface area (Å²) in [4.78, 5) is 11.8. The van der Waals surface area contributed by atoms with Crippen LogP contribution < -0.4 is 4.74 Å². The first-order valence-electron chi connectivity index (χ1n) is 8.62. The van der Waals surface area contributed by atoms with Crippen LogP contribution in [0.25, 0.3) is 17.5 Å². The van der Waals surface area contributed by atoms with Gasteiger partial charge < -0.3 is 19.5 Å². The zero-order valence-electron chi connectivity index (χ0n) is 15.7. The monoisotopic (exact) mass is 431 g/mol.